The molecule has 4 nitrogen and oxygen atoms in total. The Hall–Kier alpha value is -2.41. The Morgan fingerprint density at radius 3 is 2.63 bits per heavy atom. The molecule has 0 saturated carbocycles. The summed E-state index contributed by atoms with van der Waals surface area (Å²) in [6.45, 7) is 0.595. The van der Waals surface area contributed by atoms with Gasteiger partial charge in [0.05, 0.1) is 11.3 Å². The van der Waals surface area contributed by atoms with Gasteiger partial charge in [0, 0.05) is 45.3 Å². The fourth-order valence-electron chi connectivity index (χ4n) is 2.95. The van der Waals surface area contributed by atoms with Crippen LogP contribution in [0.3, 0.4) is 0 Å². The number of carbonyl (C=O) groups is 1. The van der Waals surface area contributed by atoms with Gasteiger partial charge in [-0.1, -0.05) is 29.8 Å². The minimum absolute atomic E-state index is 0.0511. The van der Waals surface area contributed by atoms with Gasteiger partial charge >= 0.3 is 0 Å². The summed E-state index contributed by atoms with van der Waals surface area (Å²) in [6.07, 6.45) is 4.01. The first-order valence-electron chi connectivity index (χ1n) is 9.50. The molecule has 0 aliphatic heterocycles. The molecule has 1 amide bonds. The van der Waals surface area contributed by atoms with E-state index in [2.05, 4.69) is 10.3 Å². The number of amides is 1. The fraction of sp³-hybridized carbons (Fsp3) is 0.130. The van der Waals surface area contributed by atoms with Gasteiger partial charge in [-0.15, -0.1) is 23.5 Å². The average Bonchev–Trinajstić information content (AvgIpc) is 3.19. The molecule has 0 saturated heterocycles. The number of pyridine rings is 1. The number of hydrogen-bond donors (Lipinski definition) is 1. The maximum absolute atomic E-state index is 12.7. The SMILES string of the molecule is O=C(NCCSc1ccc(Cl)cc1)c1ccccc1SCc1cn2ccccc2n1. The number of rotatable bonds is 8. The highest BCUT2D eigenvalue weighted by Gasteiger charge is 2.12. The van der Waals surface area contributed by atoms with Crippen LogP contribution in [0.25, 0.3) is 5.65 Å². The van der Waals surface area contributed by atoms with Crippen molar-refractivity contribution in [3.8, 4) is 0 Å². The molecule has 0 aliphatic carbocycles. The predicted octanol–water partition coefficient (Wildman–Crippen LogP) is 5.80. The minimum atomic E-state index is -0.0511. The molecule has 2 heterocycles. The van der Waals surface area contributed by atoms with Crippen LogP contribution in [0.15, 0.2) is 88.9 Å². The molecule has 0 fully saturated rings. The molecule has 7 heteroatoms. The summed E-state index contributed by atoms with van der Waals surface area (Å²) >= 11 is 9.23. The van der Waals surface area contributed by atoms with E-state index in [1.54, 1.807) is 23.5 Å². The molecule has 2 aromatic heterocycles. The lowest BCUT2D eigenvalue weighted by Crippen LogP contribution is -2.26. The van der Waals surface area contributed by atoms with Crippen LogP contribution in [0.4, 0.5) is 0 Å². The van der Waals surface area contributed by atoms with Crippen LogP contribution >= 0.6 is 35.1 Å². The molecule has 0 radical (unpaired) electrons. The van der Waals surface area contributed by atoms with Crippen LogP contribution in [0.1, 0.15) is 16.1 Å². The van der Waals surface area contributed by atoms with Crippen molar-refractivity contribution in [1.82, 2.24) is 14.7 Å². The van der Waals surface area contributed by atoms with Gasteiger partial charge in [0.1, 0.15) is 5.65 Å². The van der Waals surface area contributed by atoms with Crippen molar-refractivity contribution >= 4 is 46.7 Å². The van der Waals surface area contributed by atoms with Crippen LogP contribution in [0.5, 0.6) is 0 Å². The summed E-state index contributed by atoms with van der Waals surface area (Å²) in [6, 6.07) is 21.4. The Balaban J connectivity index is 1.32. The quantitative estimate of drug-likeness (QED) is 0.270. The Morgan fingerprint density at radius 1 is 1.00 bits per heavy atom. The topological polar surface area (TPSA) is 46.4 Å². The number of halogens is 1. The Bertz CT molecular complexity index is 1110. The van der Waals surface area contributed by atoms with Crippen molar-refractivity contribution in [2.45, 2.75) is 15.5 Å². The zero-order valence-electron chi connectivity index (χ0n) is 16.1. The molecule has 0 spiro atoms. The van der Waals surface area contributed by atoms with E-state index >= 15 is 0 Å². The molecule has 4 rings (SSSR count). The molecule has 0 atom stereocenters. The van der Waals surface area contributed by atoms with E-state index in [9.17, 15) is 4.79 Å². The van der Waals surface area contributed by atoms with Crippen molar-refractivity contribution in [1.29, 1.82) is 0 Å². The van der Waals surface area contributed by atoms with Gasteiger partial charge in [-0.05, 0) is 48.5 Å². The van der Waals surface area contributed by atoms with E-state index in [0.29, 0.717) is 17.9 Å². The lowest BCUT2D eigenvalue weighted by atomic mass is 10.2. The van der Waals surface area contributed by atoms with Crippen LogP contribution in [0, 0.1) is 0 Å². The van der Waals surface area contributed by atoms with Crippen LogP contribution in [0.2, 0.25) is 5.02 Å². The van der Waals surface area contributed by atoms with Crippen LogP contribution in [-0.4, -0.2) is 27.6 Å². The van der Waals surface area contributed by atoms with E-state index in [-0.39, 0.29) is 5.91 Å². The highest BCUT2D eigenvalue weighted by molar-refractivity contribution is 7.99. The first kappa shape index (κ1) is 20.8. The van der Waals surface area contributed by atoms with Crippen molar-refractivity contribution in [2.75, 3.05) is 12.3 Å². The number of hydrogen-bond acceptors (Lipinski definition) is 4. The third kappa shape index (κ3) is 5.39. The van der Waals surface area contributed by atoms with Crippen molar-refractivity contribution in [2.24, 2.45) is 0 Å². The molecule has 0 unspecified atom stereocenters. The highest BCUT2D eigenvalue weighted by atomic mass is 35.5. The van der Waals surface area contributed by atoms with Gasteiger partial charge in [0.15, 0.2) is 0 Å². The van der Waals surface area contributed by atoms with Gasteiger partial charge in [-0.3, -0.25) is 4.79 Å². The number of fused-ring (bicyclic) bond motifs is 1. The van der Waals surface area contributed by atoms with E-state index < -0.39 is 0 Å². The van der Waals surface area contributed by atoms with Crippen molar-refractivity contribution in [3.05, 3.63) is 95.4 Å². The number of thioether (sulfide) groups is 2. The van der Waals surface area contributed by atoms with Gasteiger partial charge in [-0.2, -0.15) is 0 Å². The second-order valence-electron chi connectivity index (χ2n) is 6.54. The van der Waals surface area contributed by atoms with Crippen LogP contribution in [-0.2, 0) is 5.75 Å². The number of imidazole rings is 1. The third-order valence-corrected chi connectivity index (χ3v) is 6.76. The molecule has 152 valence electrons. The average molecular weight is 454 g/mol. The minimum Gasteiger partial charge on any atom is -0.351 e. The van der Waals surface area contributed by atoms with E-state index in [0.717, 1.165) is 31.9 Å². The normalized spacial score (nSPS) is 11.0. The molecule has 0 aliphatic rings. The van der Waals surface area contributed by atoms with Crippen molar-refractivity contribution in [3.63, 3.8) is 0 Å². The first-order chi connectivity index (χ1) is 14.7. The molecule has 4 aromatic rings. The Labute approximate surface area is 189 Å². The molecule has 30 heavy (non-hydrogen) atoms. The zero-order chi connectivity index (χ0) is 20.8. The fourth-order valence-corrected chi connectivity index (χ4v) is 4.78. The molecular formula is C23H20ClN3OS2. The van der Waals surface area contributed by atoms with E-state index in [1.807, 2.05) is 83.5 Å². The van der Waals surface area contributed by atoms with Crippen molar-refractivity contribution < 1.29 is 4.79 Å². The third-order valence-electron chi connectivity index (χ3n) is 4.39. The molecular weight excluding hydrogens is 434 g/mol. The molecule has 1 N–H and O–H groups in total. The summed E-state index contributed by atoms with van der Waals surface area (Å²) in [5.74, 6) is 1.45. The van der Waals surface area contributed by atoms with Crippen LogP contribution < -0.4 is 5.32 Å². The summed E-state index contributed by atoms with van der Waals surface area (Å²) in [5.41, 5.74) is 2.61. The molecule has 2 aromatic carbocycles. The number of nitrogens with zero attached hydrogens (tertiary/aromatic N) is 2. The first-order valence-corrected chi connectivity index (χ1v) is 11.8. The predicted molar refractivity (Wildman–Crippen MR) is 126 cm³/mol. The molecule has 0 bridgehead atoms. The number of benzene rings is 2. The largest absolute Gasteiger partial charge is 0.351 e. The second kappa shape index (κ2) is 10.1. The Kier molecular flexibility index (Phi) is 7.00. The van der Waals surface area contributed by atoms with Gasteiger partial charge in [0.2, 0.25) is 0 Å². The standard InChI is InChI=1S/C23H20ClN3OS2/c24-17-8-10-19(11-9-17)29-14-12-25-23(28)20-5-1-2-6-21(20)30-16-18-15-27-13-4-3-7-22(27)26-18/h1-11,13,15H,12,14,16H2,(H,25,28). The lowest BCUT2D eigenvalue weighted by Gasteiger charge is -2.09. The maximum Gasteiger partial charge on any atom is 0.252 e. The summed E-state index contributed by atoms with van der Waals surface area (Å²) < 4.78 is 2.01. The highest BCUT2D eigenvalue weighted by Crippen LogP contribution is 2.26. The Morgan fingerprint density at radius 2 is 1.80 bits per heavy atom. The number of carbonyl (C=O) groups excluding carboxylic acids is 1. The smallest absolute Gasteiger partial charge is 0.252 e. The van der Waals surface area contributed by atoms with Gasteiger partial charge < -0.3 is 9.72 Å². The monoisotopic (exact) mass is 453 g/mol. The van der Waals surface area contributed by atoms with E-state index in [4.69, 9.17) is 11.6 Å². The maximum atomic E-state index is 12.7. The number of aromatic nitrogens is 2. The van der Waals surface area contributed by atoms with E-state index in [1.165, 1.54) is 0 Å². The number of nitrogens with one attached hydrogen (secondary N) is 1. The second-order valence-corrected chi connectivity index (χ2v) is 9.16. The zero-order valence-corrected chi connectivity index (χ0v) is 18.5. The lowest BCUT2D eigenvalue weighted by molar-refractivity contribution is 0.0953. The van der Waals surface area contributed by atoms with Gasteiger partial charge in [-0.25, -0.2) is 4.98 Å². The summed E-state index contributed by atoms with van der Waals surface area (Å²) in [4.78, 5) is 19.4. The summed E-state index contributed by atoms with van der Waals surface area (Å²) in [7, 11) is 0. The van der Waals surface area contributed by atoms with Gasteiger partial charge in [0.25, 0.3) is 5.91 Å². The summed E-state index contributed by atoms with van der Waals surface area (Å²) in [5, 5.41) is 3.75.